The molecule has 0 fully saturated rings. The van der Waals surface area contributed by atoms with Crippen molar-refractivity contribution in [2.75, 3.05) is 11.9 Å². The summed E-state index contributed by atoms with van der Waals surface area (Å²) in [4.78, 5) is 23.9. The molecule has 4 nitrogen and oxygen atoms in total. The minimum Gasteiger partial charge on any atom is -0.452 e. The van der Waals surface area contributed by atoms with Gasteiger partial charge < -0.3 is 10.1 Å². The lowest BCUT2D eigenvalue weighted by Crippen LogP contribution is -2.21. The summed E-state index contributed by atoms with van der Waals surface area (Å²) < 4.78 is 5.00. The van der Waals surface area contributed by atoms with E-state index in [2.05, 4.69) is 5.32 Å². The summed E-state index contributed by atoms with van der Waals surface area (Å²) in [6.07, 6.45) is 3.26. The minimum atomic E-state index is -0.688. The van der Waals surface area contributed by atoms with Crippen LogP contribution in [0.2, 0.25) is 10.0 Å². The summed E-state index contributed by atoms with van der Waals surface area (Å²) in [6, 6.07) is 10.3. The van der Waals surface area contributed by atoms with Crippen molar-refractivity contribution in [1.82, 2.24) is 0 Å². The number of fused-ring (bicyclic) bond motifs is 1. The fourth-order valence-corrected chi connectivity index (χ4v) is 3.08. The lowest BCUT2D eigenvalue weighted by molar-refractivity contribution is -0.119. The molecule has 0 unspecified atom stereocenters. The van der Waals surface area contributed by atoms with E-state index in [0.29, 0.717) is 10.7 Å². The van der Waals surface area contributed by atoms with Crippen molar-refractivity contribution in [2.45, 2.75) is 19.3 Å². The molecule has 1 aliphatic carbocycles. The number of nitrogens with one attached hydrogen (secondary N) is 1. The summed E-state index contributed by atoms with van der Waals surface area (Å²) in [5, 5.41) is 3.32. The van der Waals surface area contributed by atoms with E-state index in [1.807, 2.05) is 18.2 Å². The van der Waals surface area contributed by atoms with E-state index in [0.717, 1.165) is 19.3 Å². The van der Waals surface area contributed by atoms with Gasteiger partial charge in [-0.2, -0.15) is 0 Å². The number of halogens is 2. The monoisotopic (exact) mass is 363 g/mol. The quantitative estimate of drug-likeness (QED) is 0.824. The average molecular weight is 364 g/mol. The summed E-state index contributed by atoms with van der Waals surface area (Å²) in [5.74, 6) is -1.09. The van der Waals surface area contributed by atoms with Crippen molar-refractivity contribution in [3.05, 3.63) is 63.1 Å². The zero-order valence-corrected chi connectivity index (χ0v) is 14.3. The van der Waals surface area contributed by atoms with Crippen LogP contribution >= 0.6 is 23.2 Å². The van der Waals surface area contributed by atoms with Crippen molar-refractivity contribution < 1.29 is 14.3 Å². The molecule has 0 heterocycles. The number of benzene rings is 2. The predicted octanol–water partition coefficient (Wildman–Crippen LogP) is 4.28. The number of hydrogen-bond donors (Lipinski definition) is 1. The van der Waals surface area contributed by atoms with E-state index in [4.69, 9.17) is 27.9 Å². The second-order valence-corrected chi connectivity index (χ2v) is 6.43. The Morgan fingerprint density at radius 2 is 1.83 bits per heavy atom. The molecule has 6 heteroatoms. The maximum atomic E-state index is 12.0. The van der Waals surface area contributed by atoms with Crippen LogP contribution in [-0.2, 0) is 22.4 Å². The second-order valence-electron chi connectivity index (χ2n) is 5.59. The number of aryl methyl sites for hydroxylation is 2. The normalized spacial score (nSPS) is 12.6. The van der Waals surface area contributed by atoms with Gasteiger partial charge in [-0.1, -0.05) is 29.3 Å². The van der Waals surface area contributed by atoms with Gasteiger partial charge in [-0.3, -0.25) is 4.79 Å². The smallest absolute Gasteiger partial charge is 0.340 e. The minimum absolute atomic E-state index is 0.134. The predicted molar refractivity (Wildman–Crippen MR) is 93.8 cm³/mol. The molecule has 24 heavy (non-hydrogen) atoms. The standard InChI is InChI=1S/C18H15Cl2NO3/c19-13-5-7-16(20)15(9-13)18(23)24-10-17(22)21-14-6-4-11-2-1-3-12(11)8-14/h4-9H,1-3,10H2,(H,21,22). The topological polar surface area (TPSA) is 55.4 Å². The molecule has 124 valence electrons. The maximum absolute atomic E-state index is 12.0. The van der Waals surface area contributed by atoms with Crippen molar-refractivity contribution in [1.29, 1.82) is 0 Å². The van der Waals surface area contributed by atoms with Crippen LogP contribution in [-0.4, -0.2) is 18.5 Å². The first-order valence-corrected chi connectivity index (χ1v) is 8.32. The van der Waals surface area contributed by atoms with Gasteiger partial charge in [-0.25, -0.2) is 4.79 Å². The number of ether oxygens (including phenoxy) is 1. The van der Waals surface area contributed by atoms with Gasteiger partial charge in [0.05, 0.1) is 10.6 Å². The van der Waals surface area contributed by atoms with Gasteiger partial charge in [-0.15, -0.1) is 0 Å². The summed E-state index contributed by atoms with van der Waals surface area (Å²) >= 11 is 11.8. The molecule has 0 aromatic heterocycles. The van der Waals surface area contributed by atoms with Gasteiger partial charge in [-0.05, 0) is 60.7 Å². The highest BCUT2D eigenvalue weighted by Gasteiger charge is 2.15. The number of carbonyl (C=O) groups excluding carboxylic acids is 2. The number of hydrogen-bond acceptors (Lipinski definition) is 3. The van der Waals surface area contributed by atoms with Gasteiger partial charge in [0, 0.05) is 10.7 Å². The fraction of sp³-hybridized carbons (Fsp3) is 0.222. The molecule has 1 amide bonds. The van der Waals surface area contributed by atoms with Crippen molar-refractivity contribution in [3.63, 3.8) is 0 Å². The van der Waals surface area contributed by atoms with E-state index in [-0.39, 0.29) is 10.6 Å². The van der Waals surface area contributed by atoms with Crippen LogP contribution in [0.5, 0.6) is 0 Å². The summed E-state index contributed by atoms with van der Waals surface area (Å²) in [6.45, 7) is -0.390. The molecule has 1 aliphatic rings. The number of amides is 1. The van der Waals surface area contributed by atoms with Gasteiger partial charge in [0.1, 0.15) is 0 Å². The molecule has 0 saturated heterocycles. The van der Waals surface area contributed by atoms with Crippen molar-refractivity contribution >= 4 is 40.8 Å². The van der Waals surface area contributed by atoms with E-state index in [1.54, 1.807) is 6.07 Å². The first-order chi connectivity index (χ1) is 11.5. The summed E-state index contributed by atoms with van der Waals surface area (Å²) in [7, 11) is 0. The molecule has 0 atom stereocenters. The zero-order valence-electron chi connectivity index (χ0n) is 12.8. The largest absolute Gasteiger partial charge is 0.452 e. The zero-order chi connectivity index (χ0) is 17.1. The van der Waals surface area contributed by atoms with E-state index < -0.39 is 18.5 Å². The SMILES string of the molecule is O=C(COC(=O)c1cc(Cl)ccc1Cl)Nc1ccc2c(c1)CCC2. The maximum Gasteiger partial charge on any atom is 0.340 e. The third-order valence-electron chi connectivity index (χ3n) is 3.86. The van der Waals surface area contributed by atoms with E-state index in [1.165, 1.54) is 23.3 Å². The lowest BCUT2D eigenvalue weighted by Gasteiger charge is -2.09. The molecular weight excluding hydrogens is 349 g/mol. The van der Waals surface area contributed by atoms with Gasteiger partial charge in [0.25, 0.3) is 5.91 Å². The second kappa shape index (κ2) is 7.24. The average Bonchev–Trinajstić information content (AvgIpc) is 3.02. The molecule has 0 aliphatic heterocycles. The van der Waals surface area contributed by atoms with Gasteiger partial charge in [0.15, 0.2) is 6.61 Å². The Morgan fingerprint density at radius 3 is 2.67 bits per heavy atom. The number of anilines is 1. The molecule has 2 aromatic rings. The van der Waals surface area contributed by atoms with E-state index >= 15 is 0 Å². The highest BCUT2D eigenvalue weighted by atomic mass is 35.5. The molecule has 1 N–H and O–H groups in total. The van der Waals surface area contributed by atoms with Crippen molar-refractivity contribution in [3.8, 4) is 0 Å². The lowest BCUT2D eigenvalue weighted by atomic mass is 10.1. The third-order valence-corrected chi connectivity index (χ3v) is 4.43. The molecule has 0 saturated carbocycles. The van der Waals surface area contributed by atoms with Crippen LogP contribution in [0, 0.1) is 0 Å². The molecule has 0 radical (unpaired) electrons. The van der Waals surface area contributed by atoms with Crippen molar-refractivity contribution in [2.24, 2.45) is 0 Å². The van der Waals surface area contributed by atoms with Crippen LogP contribution in [0.3, 0.4) is 0 Å². The molecule has 3 rings (SSSR count). The Labute approximate surface area is 149 Å². The van der Waals surface area contributed by atoms with Gasteiger partial charge >= 0.3 is 5.97 Å². The van der Waals surface area contributed by atoms with Crippen LogP contribution in [0.4, 0.5) is 5.69 Å². The third kappa shape index (κ3) is 3.89. The highest BCUT2D eigenvalue weighted by Crippen LogP contribution is 2.25. The van der Waals surface area contributed by atoms with Crippen LogP contribution < -0.4 is 5.32 Å². The number of carbonyl (C=O) groups is 2. The Bertz CT molecular complexity index is 805. The Morgan fingerprint density at radius 1 is 1.04 bits per heavy atom. The van der Waals surface area contributed by atoms with Crippen LogP contribution in [0.1, 0.15) is 27.9 Å². The van der Waals surface area contributed by atoms with Crippen LogP contribution in [0.25, 0.3) is 0 Å². The first kappa shape index (κ1) is 16.8. The highest BCUT2D eigenvalue weighted by molar-refractivity contribution is 6.35. The summed E-state index contributed by atoms with van der Waals surface area (Å²) in [5.41, 5.74) is 3.43. The molecule has 2 aromatic carbocycles. The van der Waals surface area contributed by atoms with Gasteiger partial charge in [0.2, 0.25) is 0 Å². The Balaban J connectivity index is 1.57. The molecule has 0 bridgehead atoms. The Kier molecular flexibility index (Phi) is 5.07. The molecule has 0 spiro atoms. The van der Waals surface area contributed by atoms with Crippen LogP contribution in [0.15, 0.2) is 36.4 Å². The number of esters is 1. The fourth-order valence-electron chi connectivity index (χ4n) is 2.71. The Hall–Kier alpha value is -2.04. The van der Waals surface area contributed by atoms with E-state index in [9.17, 15) is 9.59 Å². The molecular formula is C18H15Cl2NO3. The number of rotatable bonds is 4. The first-order valence-electron chi connectivity index (χ1n) is 7.57.